The molecule has 0 amide bonds. The normalized spacial score (nSPS) is 15.1. The third kappa shape index (κ3) is 3.20. The average molecular weight is 425 g/mol. The van der Waals surface area contributed by atoms with Gasteiger partial charge < -0.3 is 14.8 Å². The molecule has 1 aliphatic heterocycles. The molecule has 0 unspecified atom stereocenters. The van der Waals surface area contributed by atoms with Crippen LogP contribution in [0.5, 0.6) is 0 Å². The molecule has 1 N–H and O–H groups in total. The van der Waals surface area contributed by atoms with Gasteiger partial charge in [-0.15, -0.1) is 5.10 Å². The summed E-state index contributed by atoms with van der Waals surface area (Å²) in [5.41, 5.74) is 7.21. The molecule has 0 radical (unpaired) electrons. The summed E-state index contributed by atoms with van der Waals surface area (Å²) in [5.74, 6) is 1.03. The zero-order chi connectivity index (χ0) is 21.7. The van der Waals surface area contributed by atoms with E-state index in [1.165, 1.54) is 0 Å². The minimum Gasteiger partial charge on any atom is -0.354 e. The van der Waals surface area contributed by atoms with Crippen molar-refractivity contribution in [2.45, 2.75) is 0 Å². The number of nitrogens with zero attached hydrogens (tertiary/aromatic N) is 7. The van der Waals surface area contributed by atoms with Crippen LogP contribution in [0.3, 0.4) is 0 Å². The number of anilines is 1. The van der Waals surface area contributed by atoms with Crippen LogP contribution >= 0.6 is 0 Å². The van der Waals surface area contributed by atoms with Crippen molar-refractivity contribution < 1.29 is 0 Å². The third-order valence-corrected chi connectivity index (χ3v) is 6.36. The summed E-state index contributed by atoms with van der Waals surface area (Å²) in [6.45, 7) is 4.11. The number of aromatic nitrogens is 6. The lowest BCUT2D eigenvalue weighted by Gasteiger charge is -2.33. The third-order valence-electron chi connectivity index (χ3n) is 6.36. The number of rotatable bonds is 3. The van der Waals surface area contributed by atoms with Gasteiger partial charge in [-0.3, -0.25) is 0 Å². The van der Waals surface area contributed by atoms with Gasteiger partial charge in [0, 0.05) is 68.3 Å². The van der Waals surface area contributed by atoms with E-state index in [0.29, 0.717) is 0 Å². The number of H-pyrrole nitrogens is 1. The van der Waals surface area contributed by atoms with Gasteiger partial charge in [0.2, 0.25) is 0 Å². The van der Waals surface area contributed by atoms with Crippen molar-refractivity contribution in [1.29, 1.82) is 0 Å². The number of pyridine rings is 2. The molecule has 32 heavy (non-hydrogen) atoms. The van der Waals surface area contributed by atoms with Crippen LogP contribution in [0.25, 0.3) is 44.3 Å². The molecular weight excluding hydrogens is 400 g/mol. The van der Waals surface area contributed by atoms with Crippen molar-refractivity contribution >= 4 is 27.9 Å². The maximum absolute atomic E-state index is 4.70. The summed E-state index contributed by atoms with van der Waals surface area (Å²) in [6, 6.07) is 12.7. The number of benzene rings is 1. The van der Waals surface area contributed by atoms with E-state index in [4.69, 9.17) is 4.98 Å². The van der Waals surface area contributed by atoms with E-state index in [1.807, 2.05) is 31.7 Å². The summed E-state index contributed by atoms with van der Waals surface area (Å²) >= 11 is 0. The SMILES string of the molecule is CN1CCN(c2cc(-c3cnc4[nH]cc(-c5ccc6nnn(C)c6c5)c4c3)ccn2)CC1. The molecule has 0 spiro atoms. The first kappa shape index (κ1) is 18.9. The molecular formula is C24H24N8. The monoisotopic (exact) mass is 424 g/mol. The Kier molecular flexibility index (Phi) is 4.39. The predicted octanol–water partition coefficient (Wildman–Crippen LogP) is 3.33. The molecule has 6 rings (SSSR count). The Balaban J connectivity index is 1.39. The first-order valence-electron chi connectivity index (χ1n) is 10.8. The highest BCUT2D eigenvalue weighted by Gasteiger charge is 2.16. The predicted molar refractivity (Wildman–Crippen MR) is 127 cm³/mol. The summed E-state index contributed by atoms with van der Waals surface area (Å²) < 4.78 is 1.80. The summed E-state index contributed by atoms with van der Waals surface area (Å²) in [4.78, 5) is 17.4. The van der Waals surface area contributed by atoms with E-state index in [1.54, 1.807) is 4.68 Å². The fourth-order valence-electron chi connectivity index (χ4n) is 4.40. The molecule has 1 aliphatic rings. The molecule has 0 bridgehead atoms. The number of fused-ring (bicyclic) bond motifs is 2. The minimum absolute atomic E-state index is 0.875. The van der Waals surface area contributed by atoms with Crippen LogP contribution in [0.15, 0.2) is 55.0 Å². The minimum atomic E-state index is 0.875. The first-order valence-corrected chi connectivity index (χ1v) is 10.8. The van der Waals surface area contributed by atoms with Crippen LogP contribution in [-0.4, -0.2) is 68.1 Å². The first-order chi connectivity index (χ1) is 15.7. The van der Waals surface area contributed by atoms with Crippen molar-refractivity contribution in [3.8, 4) is 22.3 Å². The Morgan fingerprint density at radius 2 is 1.75 bits per heavy atom. The van der Waals surface area contributed by atoms with Crippen molar-refractivity contribution in [3.05, 3.63) is 55.0 Å². The molecule has 5 aromatic rings. The Hall–Kier alpha value is -3.78. The molecule has 5 heterocycles. The Morgan fingerprint density at radius 1 is 0.875 bits per heavy atom. The molecule has 1 aromatic carbocycles. The summed E-state index contributed by atoms with van der Waals surface area (Å²) in [7, 11) is 4.08. The molecule has 0 atom stereocenters. The van der Waals surface area contributed by atoms with Crippen molar-refractivity contribution in [1.82, 2.24) is 34.8 Å². The van der Waals surface area contributed by atoms with Crippen LogP contribution in [0, 0.1) is 0 Å². The summed E-state index contributed by atoms with van der Waals surface area (Å²) in [5, 5.41) is 9.40. The molecule has 0 aliphatic carbocycles. The second-order valence-electron chi connectivity index (χ2n) is 8.43. The molecule has 8 nitrogen and oxygen atoms in total. The highest BCUT2D eigenvalue weighted by atomic mass is 15.4. The van der Waals surface area contributed by atoms with Gasteiger partial charge in [0.1, 0.15) is 17.0 Å². The van der Waals surface area contributed by atoms with Gasteiger partial charge in [0.05, 0.1) is 5.52 Å². The smallest absolute Gasteiger partial charge is 0.137 e. The standard InChI is InChI=1S/C24H24N8/c1-30-7-9-32(10-8-30)23-13-16(5-6-25-23)18-11-19-20(15-27-24(19)26-14-18)17-3-4-21-22(12-17)31(2)29-28-21/h3-6,11-15H,7-10H2,1-2H3,(H,26,27). The van der Waals surface area contributed by atoms with E-state index in [2.05, 4.69) is 67.5 Å². The second-order valence-corrected chi connectivity index (χ2v) is 8.43. The second kappa shape index (κ2) is 7.42. The molecule has 160 valence electrons. The van der Waals surface area contributed by atoms with E-state index < -0.39 is 0 Å². The van der Waals surface area contributed by atoms with Gasteiger partial charge in [-0.1, -0.05) is 11.3 Å². The Bertz CT molecular complexity index is 1420. The number of aryl methyl sites for hydroxylation is 1. The molecule has 4 aromatic heterocycles. The zero-order valence-electron chi connectivity index (χ0n) is 18.2. The van der Waals surface area contributed by atoms with Crippen LogP contribution in [0.2, 0.25) is 0 Å². The maximum Gasteiger partial charge on any atom is 0.137 e. The van der Waals surface area contributed by atoms with E-state index >= 15 is 0 Å². The topological polar surface area (TPSA) is 78.8 Å². The summed E-state index contributed by atoms with van der Waals surface area (Å²) in [6.07, 6.45) is 5.85. The van der Waals surface area contributed by atoms with E-state index in [0.717, 1.165) is 76.3 Å². The lowest BCUT2D eigenvalue weighted by molar-refractivity contribution is 0.312. The molecule has 8 heteroatoms. The van der Waals surface area contributed by atoms with Crippen LogP contribution in [-0.2, 0) is 7.05 Å². The number of piperazine rings is 1. The molecule has 1 fully saturated rings. The van der Waals surface area contributed by atoms with Gasteiger partial charge >= 0.3 is 0 Å². The number of likely N-dealkylation sites (N-methyl/N-ethyl adjacent to an activating group) is 1. The van der Waals surface area contributed by atoms with E-state index in [-0.39, 0.29) is 0 Å². The number of hydrogen-bond donors (Lipinski definition) is 1. The number of aromatic amines is 1. The largest absolute Gasteiger partial charge is 0.354 e. The van der Waals surface area contributed by atoms with Crippen molar-refractivity contribution in [2.24, 2.45) is 7.05 Å². The lowest BCUT2D eigenvalue weighted by Crippen LogP contribution is -2.44. The highest BCUT2D eigenvalue weighted by molar-refractivity contribution is 5.97. The van der Waals surface area contributed by atoms with Crippen LogP contribution in [0.1, 0.15) is 0 Å². The van der Waals surface area contributed by atoms with Crippen LogP contribution in [0.4, 0.5) is 5.82 Å². The fourth-order valence-corrected chi connectivity index (χ4v) is 4.40. The van der Waals surface area contributed by atoms with Gasteiger partial charge in [0.25, 0.3) is 0 Å². The molecule has 0 saturated carbocycles. The lowest BCUT2D eigenvalue weighted by atomic mass is 10.0. The Labute approximate surface area is 185 Å². The molecule has 1 saturated heterocycles. The van der Waals surface area contributed by atoms with Crippen LogP contribution < -0.4 is 4.90 Å². The quantitative estimate of drug-likeness (QED) is 0.479. The van der Waals surface area contributed by atoms with Gasteiger partial charge in [0.15, 0.2) is 0 Å². The van der Waals surface area contributed by atoms with Gasteiger partial charge in [-0.2, -0.15) is 0 Å². The van der Waals surface area contributed by atoms with Crippen molar-refractivity contribution in [2.75, 3.05) is 38.1 Å². The average Bonchev–Trinajstić information content (AvgIpc) is 3.42. The fraction of sp³-hybridized carbons (Fsp3) is 0.250. The van der Waals surface area contributed by atoms with E-state index in [9.17, 15) is 0 Å². The Morgan fingerprint density at radius 3 is 2.62 bits per heavy atom. The van der Waals surface area contributed by atoms with Gasteiger partial charge in [-0.05, 0) is 48.5 Å². The highest BCUT2D eigenvalue weighted by Crippen LogP contribution is 2.33. The number of hydrogen-bond acceptors (Lipinski definition) is 6. The maximum atomic E-state index is 4.70. The number of nitrogens with one attached hydrogen (secondary N) is 1. The zero-order valence-corrected chi connectivity index (χ0v) is 18.2. The van der Waals surface area contributed by atoms with Gasteiger partial charge in [-0.25, -0.2) is 14.6 Å². The van der Waals surface area contributed by atoms with Crippen molar-refractivity contribution in [3.63, 3.8) is 0 Å².